The van der Waals surface area contributed by atoms with Gasteiger partial charge in [-0.05, 0) is 12.1 Å². The molecule has 2 aromatic carbocycles. The molecule has 0 unspecified atom stereocenters. The highest BCUT2D eigenvalue weighted by Gasteiger charge is 2.12. The molecule has 3 aromatic rings. The molecule has 1 aromatic heterocycles. The van der Waals surface area contributed by atoms with Gasteiger partial charge in [0.1, 0.15) is 11.5 Å². The van der Waals surface area contributed by atoms with E-state index in [9.17, 15) is 9.18 Å². The first-order valence-electron chi connectivity index (χ1n) is 5.77. The number of nitrogens with one attached hydrogen (secondary N) is 1. The van der Waals surface area contributed by atoms with Crippen LogP contribution in [-0.4, -0.2) is 16.1 Å². The molecule has 0 aliphatic rings. The number of carboxylic acid groups (broad SMARTS) is 1. The molecule has 4 heteroatoms. The Hall–Kier alpha value is -2.62. The number of fused-ring (bicyclic) bond motifs is 1. The maximum Gasteiger partial charge on any atom is 0.352 e. The Morgan fingerprint density at radius 1 is 1.05 bits per heavy atom. The smallest absolute Gasteiger partial charge is 0.352 e. The summed E-state index contributed by atoms with van der Waals surface area (Å²) in [6.07, 6.45) is 0. The second kappa shape index (κ2) is 4.24. The highest BCUT2D eigenvalue weighted by Crippen LogP contribution is 2.30. The second-order valence-corrected chi connectivity index (χ2v) is 4.24. The van der Waals surface area contributed by atoms with Gasteiger partial charge in [-0.25, -0.2) is 9.18 Å². The Bertz CT molecular complexity index is 777. The maximum absolute atomic E-state index is 13.8. The average Bonchev–Trinajstić information content (AvgIpc) is 2.83. The van der Waals surface area contributed by atoms with Gasteiger partial charge in [0.05, 0.1) is 5.52 Å². The van der Waals surface area contributed by atoms with E-state index in [2.05, 4.69) is 4.98 Å². The standard InChI is InChI=1S/C15H10FNO2/c16-12-7-2-1-5-10(12)11-6-3-4-9-8-13(15(18)19)17-14(9)11/h1-8,17H,(H,18,19). The summed E-state index contributed by atoms with van der Waals surface area (Å²) in [4.78, 5) is 13.8. The van der Waals surface area contributed by atoms with Crippen LogP contribution in [0.3, 0.4) is 0 Å². The molecule has 0 atom stereocenters. The molecular formula is C15H10FNO2. The van der Waals surface area contributed by atoms with Crippen molar-refractivity contribution in [3.63, 3.8) is 0 Å². The molecule has 0 saturated heterocycles. The summed E-state index contributed by atoms with van der Waals surface area (Å²) in [5.74, 6) is -1.36. The van der Waals surface area contributed by atoms with Gasteiger partial charge < -0.3 is 10.1 Å². The fourth-order valence-electron chi connectivity index (χ4n) is 2.18. The van der Waals surface area contributed by atoms with E-state index in [1.807, 2.05) is 0 Å². The van der Waals surface area contributed by atoms with Crippen molar-refractivity contribution in [3.05, 3.63) is 60.0 Å². The molecule has 0 amide bonds. The van der Waals surface area contributed by atoms with E-state index in [1.54, 1.807) is 42.5 Å². The number of aromatic carboxylic acids is 1. The number of hydrogen-bond acceptors (Lipinski definition) is 1. The zero-order valence-electron chi connectivity index (χ0n) is 9.85. The van der Waals surface area contributed by atoms with Crippen LogP contribution in [0.25, 0.3) is 22.0 Å². The van der Waals surface area contributed by atoms with Crippen LogP contribution in [0.5, 0.6) is 0 Å². The normalized spacial score (nSPS) is 10.8. The third-order valence-corrected chi connectivity index (χ3v) is 3.05. The summed E-state index contributed by atoms with van der Waals surface area (Å²) >= 11 is 0. The predicted octanol–water partition coefficient (Wildman–Crippen LogP) is 3.67. The van der Waals surface area contributed by atoms with E-state index >= 15 is 0 Å². The van der Waals surface area contributed by atoms with Crippen molar-refractivity contribution in [1.82, 2.24) is 4.98 Å². The Morgan fingerprint density at radius 2 is 1.79 bits per heavy atom. The summed E-state index contributed by atoms with van der Waals surface area (Å²) in [7, 11) is 0. The zero-order valence-corrected chi connectivity index (χ0v) is 9.85. The molecule has 0 aliphatic carbocycles. The molecule has 0 fully saturated rings. The summed E-state index contributed by atoms with van der Waals surface area (Å²) in [5.41, 5.74) is 1.83. The van der Waals surface area contributed by atoms with Crippen molar-refractivity contribution in [2.24, 2.45) is 0 Å². The van der Waals surface area contributed by atoms with Gasteiger partial charge >= 0.3 is 5.97 Å². The molecule has 0 saturated carbocycles. The summed E-state index contributed by atoms with van der Waals surface area (Å²) in [5, 5.41) is 9.74. The topological polar surface area (TPSA) is 53.1 Å². The van der Waals surface area contributed by atoms with Crippen LogP contribution >= 0.6 is 0 Å². The van der Waals surface area contributed by atoms with Crippen LogP contribution in [0.1, 0.15) is 10.5 Å². The Morgan fingerprint density at radius 3 is 2.53 bits per heavy atom. The van der Waals surface area contributed by atoms with E-state index in [0.717, 1.165) is 5.39 Å². The SMILES string of the molecule is O=C(O)c1cc2cccc(-c3ccccc3F)c2[nH]1. The van der Waals surface area contributed by atoms with Crippen LogP contribution in [0, 0.1) is 5.82 Å². The molecule has 0 spiro atoms. The third-order valence-electron chi connectivity index (χ3n) is 3.05. The Labute approximate surface area is 108 Å². The first kappa shape index (κ1) is 11.5. The number of para-hydroxylation sites is 1. The van der Waals surface area contributed by atoms with Gasteiger partial charge in [0.25, 0.3) is 0 Å². The first-order chi connectivity index (χ1) is 9.16. The number of halogens is 1. The number of H-pyrrole nitrogens is 1. The monoisotopic (exact) mass is 255 g/mol. The van der Waals surface area contributed by atoms with Gasteiger partial charge in [0.2, 0.25) is 0 Å². The number of aromatic nitrogens is 1. The minimum absolute atomic E-state index is 0.0961. The molecule has 0 bridgehead atoms. The predicted molar refractivity (Wildman–Crippen MR) is 70.7 cm³/mol. The van der Waals surface area contributed by atoms with Crippen molar-refractivity contribution in [2.75, 3.05) is 0 Å². The van der Waals surface area contributed by atoms with Gasteiger partial charge in [0, 0.05) is 16.5 Å². The molecule has 94 valence electrons. The van der Waals surface area contributed by atoms with Crippen molar-refractivity contribution < 1.29 is 14.3 Å². The molecule has 0 aliphatic heterocycles. The molecule has 3 nitrogen and oxygen atoms in total. The number of carboxylic acids is 1. The Balaban J connectivity index is 2.30. The van der Waals surface area contributed by atoms with Crippen LogP contribution in [0.15, 0.2) is 48.5 Å². The highest BCUT2D eigenvalue weighted by molar-refractivity contribution is 6.00. The largest absolute Gasteiger partial charge is 0.477 e. The fraction of sp³-hybridized carbons (Fsp3) is 0. The van der Waals surface area contributed by atoms with Crippen molar-refractivity contribution in [1.29, 1.82) is 0 Å². The van der Waals surface area contributed by atoms with Gasteiger partial charge in [-0.2, -0.15) is 0 Å². The minimum Gasteiger partial charge on any atom is -0.477 e. The van der Waals surface area contributed by atoms with Crippen LogP contribution in [-0.2, 0) is 0 Å². The first-order valence-corrected chi connectivity index (χ1v) is 5.77. The van der Waals surface area contributed by atoms with Gasteiger partial charge in [0.15, 0.2) is 0 Å². The number of carbonyl (C=O) groups is 1. The van der Waals surface area contributed by atoms with Crippen LogP contribution in [0.4, 0.5) is 4.39 Å². The lowest BCUT2D eigenvalue weighted by atomic mass is 10.0. The van der Waals surface area contributed by atoms with E-state index in [4.69, 9.17) is 5.11 Å². The molecule has 2 N–H and O–H groups in total. The fourth-order valence-corrected chi connectivity index (χ4v) is 2.18. The average molecular weight is 255 g/mol. The van der Waals surface area contributed by atoms with Gasteiger partial charge in [-0.1, -0.05) is 36.4 Å². The molecule has 19 heavy (non-hydrogen) atoms. The van der Waals surface area contributed by atoms with Crippen molar-refractivity contribution in [2.45, 2.75) is 0 Å². The third kappa shape index (κ3) is 1.87. The number of benzene rings is 2. The van der Waals surface area contributed by atoms with E-state index in [-0.39, 0.29) is 11.5 Å². The summed E-state index contributed by atoms with van der Waals surface area (Å²) in [6.45, 7) is 0. The van der Waals surface area contributed by atoms with Gasteiger partial charge in [-0.15, -0.1) is 0 Å². The number of rotatable bonds is 2. The quantitative estimate of drug-likeness (QED) is 0.734. The lowest BCUT2D eigenvalue weighted by molar-refractivity contribution is 0.0691. The summed E-state index contributed by atoms with van der Waals surface area (Å²) in [6, 6.07) is 13.3. The molecule has 3 rings (SSSR count). The molecule has 0 radical (unpaired) electrons. The summed E-state index contributed by atoms with van der Waals surface area (Å²) < 4.78 is 13.8. The van der Waals surface area contributed by atoms with E-state index in [1.165, 1.54) is 6.07 Å². The van der Waals surface area contributed by atoms with Crippen LogP contribution in [0.2, 0.25) is 0 Å². The maximum atomic E-state index is 13.8. The zero-order chi connectivity index (χ0) is 13.4. The van der Waals surface area contributed by atoms with Crippen molar-refractivity contribution in [3.8, 4) is 11.1 Å². The minimum atomic E-state index is -1.03. The van der Waals surface area contributed by atoms with Crippen molar-refractivity contribution >= 4 is 16.9 Å². The number of aromatic amines is 1. The Kier molecular flexibility index (Phi) is 2.56. The lowest BCUT2D eigenvalue weighted by Crippen LogP contribution is -1.95. The molecular weight excluding hydrogens is 245 g/mol. The highest BCUT2D eigenvalue weighted by atomic mass is 19.1. The van der Waals surface area contributed by atoms with Gasteiger partial charge in [-0.3, -0.25) is 0 Å². The molecule has 1 heterocycles. The van der Waals surface area contributed by atoms with E-state index < -0.39 is 5.97 Å². The second-order valence-electron chi connectivity index (χ2n) is 4.24. The number of hydrogen-bond donors (Lipinski definition) is 2. The van der Waals surface area contributed by atoms with Crippen LogP contribution < -0.4 is 0 Å². The van der Waals surface area contributed by atoms with E-state index in [0.29, 0.717) is 16.6 Å². The lowest BCUT2D eigenvalue weighted by Gasteiger charge is -2.04.